The van der Waals surface area contributed by atoms with E-state index >= 15 is 0 Å². The summed E-state index contributed by atoms with van der Waals surface area (Å²) in [5, 5.41) is 10.3. The molecule has 3 aromatic heterocycles. The van der Waals surface area contributed by atoms with E-state index in [0.717, 1.165) is 12.8 Å². The predicted molar refractivity (Wildman–Crippen MR) is 96.4 cm³/mol. The highest BCUT2D eigenvalue weighted by molar-refractivity contribution is 7.07. The SMILES string of the molecule is O=C(c1cscn1)N1CCC(Cn2nc(-n3cccn3)ccc2=O)CC1. The average Bonchev–Trinajstić information content (AvgIpc) is 3.38. The Hall–Kier alpha value is -2.81. The molecule has 1 saturated heterocycles. The molecule has 0 N–H and O–H groups in total. The van der Waals surface area contributed by atoms with Crippen LogP contribution in [-0.2, 0) is 6.54 Å². The molecule has 4 heterocycles. The van der Waals surface area contributed by atoms with E-state index in [1.807, 2.05) is 11.0 Å². The summed E-state index contributed by atoms with van der Waals surface area (Å²) >= 11 is 1.42. The van der Waals surface area contributed by atoms with Crippen molar-refractivity contribution in [1.82, 2.24) is 29.4 Å². The van der Waals surface area contributed by atoms with Crippen LogP contribution in [0, 0.1) is 5.92 Å². The third-order valence-electron chi connectivity index (χ3n) is 4.58. The number of likely N-dealkylation sites (tertiary alicyclic amines) is 1. The number of carbonyl (C=O) groups is 1. The lowest BCUT2D eigenvalue weighted by molar-refractivity contribution is 0.0675. The van der Waals surface area contributed by atoms with Crippen molar-refractivity contribution >= 4 is 17.2 Å². The molecule has 0 saturated carbocycles. The van der Waals surface area contributed by atoms with Crippen LogP contribution in [0.15, 0.2) is 46.3 Å². The molecule has 1 fully saturated rings. The number of rotatable bonds is 4. The fourth-order valence-electron chi connectivity index (χ4n) is 3.14. The Morgan fingerprint density at radius 3 is 2.81 bits per heavy atom. The van der Waals surface area contributed by atoms with E-state index in [1.165, 1.54) is 22.1 Å². The number of carbonyl (C=O) groups excluding carboxylic acids is 1. The normalized spacial score (nSPS) is 15.3. The van der Waals surface area contributed by atoms with Crippen molar-refractivity contribution in [2.75, 3.05) is 13.1 Å². The lowest BCUT2D eigenvalue weighted by atomic mass is 9.96. The summed E-state index contributed by atoms with van der Waals surface area (Å²) < 4.78 is 3.13. The van der Waals surface area contributed by atoms with Crippen molar-refractivity contribution < 1.29 is 4.79 Å². The van der Waals surface area contributed by atoms with Crippen molar-refractivity contribution in [3.05, 3.63) is 57.5 Å². The van der Waals surface area contributed by atoms with Gasteiger partial charge in [-0.1, -0.05) is 0 Å². The second kappa shape index (κ2) is 7.20. The minimum absolute atomic E-state index is 0.0133. The molecule has 0 bridgehead atoms. The van der Waals surface area contributed by atoms with E-state index < -0.39 is 0 Å². The highest BCUT2D eigenvalue weighted by atomic mass is 32.1. The number of amides is 1. The Morgan fingerprint density at radius 2 is 2.12 bits per heavy atom. The van der Waals surface area contributed by atoms with Crippen molar-refractivity contribution in [1.29, 1.82) is 0 Å². The number of hydrogen-bond acceptors (Lipinski definition) is 6. The smallest absolute Gasteiger partial charge is 0.273 e. The number of hydrogen-bond donors (Lipinski definition) is 0. The topological polar surface area (TPSA) is 85.9 Å². The van der Waals surface area contributed by atoms with Gasteiger partial charge in [0.15, 0.2) is 5.82 Å². The highest BCUT2D eigenvalue weighted by Gasteiger charge is 2.25. The second-order valence-electron chi connectivity index (χ2n) is 6.27. The molecule has 0 radical (unpaired) electrons. The van der Waals surface area contributed by atoms with Gasteiger partial charge in [-0.15, -0.1) is 16.4 Å². The third-order valence-corrected chi connectivity index (χ3v) is 5.16. The van der Waals surface area contributed by atoms with Gasteiger partial charge < -0.3 is 4.90 Å². The summed E-state index contributed by atoms with van der Waals surface area (Å²) in [4.78, 5) is 30.4. The number of piperidine rings is 1. The van der Waals surface area contributed by atoms with Gasteiger partial charge in [0.05, 0.1) is 5.51 Å². The van der Waals surface area contributed by atoms with Gasteiger partial charge in [-0.3, -0.25) is 9.59 Å². The third kappa shape index (κ3) is 3.43. The molecule has 1 amide bonds. The summed E-state index contributed by atoms with van der Waals surface area (Å²) in [5.41, 5.74) is 2.06. The molecule has 0 atom stereocenters. The molecular weight excluding hydrogens is 352 g/mol. The molecule has 9 heteroatoms. The summed E-state index contributed by atoms with van der Waals surface area (Å²) in [5.74, 6) is 0.916. The van der Waals surface area contributed by atoms with Gasteiger partial charge in [-0.05, 0) is 30.9 Å². The standard InChI is InChI=1S/C17H18N6O2S/c24-16-3-2-15(22-7-1-6-19-22)20-23(16)10-13-4-8-21(9-5-13)17(25)14-11-26-12-18-14/h1-3,6-7,11-13H,4-5,8-10H2. The quantitative estimate of drug-likeness (QED) is 0.694. The van der Waals surface area contributed by atoms with E-state index in [-0.39, 0.29) is 11.5 Å². The monoisotopic (exact) mass is 370 g/mol. The van der Waals surface area contributed by atoms with Crippen molar-refractivity contribution in [2.24, 2.45) is 5.92 Å². The maximum absolute atomic E-state index is 12.3. The largest absolute Gasteiger partial charge is 0.337 e. The highest BCUT2D eigenvalue weighted by Crippen LogP contribution is 2.20. The molecular formula is C17H18N6O2S. The molecule has 0 aromatic carbocycles. The van der Waals surface area contributed by atoms with Crippen LogP contribution in [0.4, 0.5) is 0 Å². The number of nitrogens with zero attached hydrogens (tertiary/aromatic N) is 6. The minimum Gasteiger partial charge on any atom is -0.337 e. The van der Waals surface area contributed by atoms with E-state index in [9.17, 15) is 9.59 Å². The molecule has 0 spiro atoms. The first-order chi connectivity index (χ1) is 12.7. The van der Waals surface area contributed by atoms with Crippen LogP contribution in [0.1, 0.15) is 23.3 Å². The first-order valence-electron chi connectivity index (χ1n) is 8.46. The predicted octanol–water partition coefficient (Wildman–Crippen LogP) is 1.44. The molecule has 1 aliphatic heterocycles. The van der Waals surface area contributed by atoms with Gasteiger partial charge in [0.25, 0.3) is 11.5 Å². The summed E-state index contributed by atoms with van der Waals surface area (Å²) in [6.45, 7) is 1.90. The van der Waals surface area contributed by atoms with Gasteiger partial charge in [0.2, 0.25) is 0 Å². The summed E-state index contributed by atoms with van der Waals surface area (Å²) in [6.07, 6.45) is 5.15. The maximum atomic E-state index is 12.3. The fourth-order valence-corrected chi connectivity index (χ4v) is 3.66. The van der Waals surface area contributed by atoms with Crippen LogP contribution >= 0.6 is 11.3 Å². The van der Waals surface area contributed by atoms with Crippen molar-refractivity contribution in [3.8, 4) is 5.82 Å². The van der Waals surface area contributed by atoms with E-state index in [0.29, 0.717) is 37.1 Å². The van der Waals surface area contributed by atoms with Crippen LogP contribution in [0.2, 0.25) is 0 Å². The number of aromatic nitrogens is 5. The minimum atomic E-state index is -0.123. The average molecular weight is 370 g/mol. The van der Waals surface area contributed by atoms with E-state index in [1.54, 1.807) is 34.0 Å². The Balaban J connectivity index is 1.41. The molecule has 8 nitrogen and oxygen atoms in total. The lowest BCUT2D eigenvalue weighted by Gasteiger charge is -2.31. The first kappa shape index (κ1) is 16.6. The van der Waals surface area contributed by atoms with Crippen LogP contribution in [-0.4, -0.2) is 48.4 Å². The Labute approximate surface area is 153 Å². The zero-order valence-corrected chi connectivity index (χ0v) is 14.9. The van der Waals surface area contributed by atoms with Crippen molar-refractivity contribution in [3.63, 3.8) is 0 Å². The fraction of sp³-hybridized carbons (Fsp3) is 0.353. The molecule has 26 heavy (non-hydrogen) atoms. The molecule has 0 aliphatic carbocycles. The number of thiazole rings is 1. The van der Waals surface area contributed by atoms with Gasteiger partial charge in [-0.2, -0.15) is 5.10 Å². The van der Waals surface area contributed by atoms with Gasteiger partial charge >= 0.3 is 0 Å². The Morgan fingerprint density at radius 1 is 1.27 bits per heavy atom. The zero-order chi connectivity index (χ0) is 17.9. The summed E-state index contributed by atoms with van der Waals surface area (Å²) in [6, 6.07) is 5.00. The van der Waals surface area contributed by atoms with Gasteiger partial charge in [0, 0.05) is 43.5 Å². The molecule has 3 aromatic rings. The van der Waals surface area contributed by atoms with Gasteiger partial charge in [0.1, 0.15) is 5.69 Å². The molecule has 4 rings (SSSR count). The van der Waals surface area contributed by atoms with Crippen LogP contribution in [0.5, 0.6) is 0 Å². The molecule has 0 unspecified atom stereocenters. The van der Waals surface area contributed by atoms with Crippen LogP contribution in [0.25, 0.3) is 5.82 Å². The lowest BCUT2D eigenvalue weighted by Crippen LogP contribution is -2.40. The maximum Gasteiger partial charge on any atom is 0.273 e. The van der Waals surface area contributed by atoms with Gasteiger partial charge in [-0.25, -0.2) is 14.3 Å². The molecule has 134 valence electrons. The van der Waals surface area contributed by atoms with Crippen LogP contribution < -0.4 is 5.56 Å². The molecule has 1 aliphatic rings. The second-order valence-corrected chi connectivity index (χ2v) is 6.99. The summed E-state index contributed by atoms with van der Waals surface area (Å²) in [7, 11) is 0. The van der Waals surface area contributed by atoms with Crippen molar-refractivity contribution in [2.45, 2.75) is 19.4 Å². The van der Waals surface area contributed by atoms with Crippen LogP contribution in [0.3, 0.4) is 0 Å². The van der Waals surface area contributed by atoms with E-state index in [4.69, 9.17) is 0 Å². The van der Waals surface area contributed by atoms with E-state index in [2.05, 4.69) is 15.2 Å². The first-order valence-corrected chi connectivity index (χ1v) is 9.40. The zero-order valence-electron chi connectivity index (χ0n) is 14.1. The Bertz CT molecular complexity index is 927. The Kier molecular flexibility index (Phi) is 4.61.